The molecule has 0 unspecified atom stereocenters. The third-order valence-electron chi connectivity index (χ3n) is 6.13. The number of fused-ring (bicyclic) bond motifs is 2. The monoisotopic (exact) mass is 444 g/mol. The van der Waals surface area contributed by atoms with Crippen molar-refractivity contribution in [3.63, 3.8) is 0 Å². The van der Waals surface area contributed by atoms with Crippen LogP contribution in [0.1, 0.15) is 60.6 Å². The molecule has 5 nitrogen and oxygen atoms in total. The number of carbonyl (C=O) groups excluding carboxylic acids is 1. The molecule has 1 aliphatic rings. The smallest absolute Gasteiger partial charge is 0.229 e. The second-order valence-corrected chi connectivity index (χ2v) is 10.0. The Morgan fingerprint density at radius 2 is 1.81 bits per heavy atom. The van der Waals surface area contributed by atoms with Gasteiger partial charge in [-0.25, -0.2) is 4.98 Å². The van der Waals surface area contributed by atoms with Gasteiger partial charge in [0.1, 0.15) is 5.82 Å². The van der Waals surface area contributed by atoms with Gasteiger partial charge in [-0.3, -0.25) is 4.79 Å². The number of nitrogens with zero attached hydrogens (tertiary/aromatic N) is 3. The van der Waals surface area contributed by atoms with Crippen LogP contribution in [0, 0.1) is 6.92 Å². The lowest BCUT2D eigenvalue weighted by Gasteiger charge is -2.14. The average Bonchev–Trinajstić information content (AvgIpc) is 3.34. The van der Waals surface area contributed by atoms with Crippen molar-refractivity contribution in [3.8, 4) is 5.13 Å². The van der Waals surface area contributed by atoms with Crippen LogP contribution < -0.4 is 5.32 Å². The van der Waals surface area contributed by atoms with Gasteiger partial charge in [0, 0.05) is 6.07 Å². The van der Waals surface area contributed by atoms with Crippen LogP contribution in [0.15, 0.2) is 42.5 Å². The molecule has 0 spiro atoms. The molecule has 4 aromatic rings. The predicted octanol–water partition coefficient (Wildman–Crippen LogP) is 5.97. The van der Waals surface area contributed by atoms with Crippen LogP contribution in [0.25, 0.3) is 15.3 Å². The Labute approximate surface area is 192 Å². The molecule has 0 radical (unpaired) electrons. The van der Waals surface area contributed by atoms with Crippen LogP contribution in [0.4, 0.5) is 5.82 Å². The van der Waals surface area contributed by atoms with Crippen molar-refractivity contribution >= 4 is 33.3 Å². The third-order valence-corrected chi connectivity index (χ3v) is 7.13. The number of hydrogen-bond donors (Lipinski definition) is 1. The summed E-state index contributed by atoms with van der Waals surface area (Å²) in [5, 5.41) is 8.44. The van der Waals surface area contributed by atoms with Crippen molar-refractivity contribution in [1.29, 1.82) is 0 Å². The number of hydrogen-bond acceptors (Lipinski definition) is 4. The van der Waals surface area contributed by atoms with Gasteiger partial charge in [-0.1, -0.05) is 49.4 Å². The molecule has 6 heteroatoms. The zero-order valence-corrected chi connectivity index (χ0v) is 19.6. The van der Waals surface area contributed by atoms with E-state index in [2.05, 4.69) is 48.5 Å². The Morgan fingerprint density at radius 3 is 2.53 bits per heavy atom. The Bertz CT molecular complexity index is 1240. The number of thiazole rings is 1. The topological polar surface area (TPSA) is 59.8 Å². The quantitative estimate of drug-likeness (QED) is 0.412. The highest BCUT2D eigenvalue weighted by atomic mass is 32.1. The van der Waals surface area contributed by atoms with E-state index in [1.807, 2.05) is 25.1 Å². The Kier molecular flexibility index (Phi) is 5.55. The van der Waals surface area contributed by atoms with Gasteiger partial charge >= 0.3 is 0 Å². The molecule has 0 fully saturated rings. The summed E-state index contributed by atoms with van der Waals surface area (Å²) in [7, 11) is 0. The fourth-order valence-corrected chi connectivity index (χ4v) is 5.34. The van der Waals surface area contributed by atoms with Crippen LogP contribution in [0.2, 0.25) is 0 Å². The first-order chi connectivity index (χ1) is 15.5. The van der Waals surface area contributed by atoms with Crippen LogP contribution in [-0.4, -0.2) is 20.7 Å². The number of benzene rings is 2. The van der Waals surface area contributed by atoms with Crippen molar-refractivity contribution in [1.82, 2.24) is 14.8 Å². The van der Waals surface area contributed by atoms with E-state index in [4.69, 9.17) is 4.98 Å². The van der Waals surface area contributed by atoms with E-state index in [0.717, 1.165) is 34.7 Å². The number of carbonyl (C=O) groups is 1. The number of aryl methyl sites for hydroxylation is 3. The summed E-state index contributed by atoms with van der Waals surface area (Å²) in [6.07, 6.45) is 5.13. The van der Waals surface area contributed by atoms with Gasteiger partial charge in [0.2, 0.25) is 11.0 Å². The molecule has 2 heterocycles. The number of rotatable bonds is 5. The Balaban J connectivity index is 1.38. The molecule has 1 N–H and O–H groups in total. The van der Waals surface area contributed by atoms with E-state index in [9.17, 15) is 4.79 Å². The van der Waals surface area contributed by atoms with Gasteiger partial charge < -0.3 is 5.32 Å². The van der Waals surface area contributed by atoms with Crippen molar-refractivity contribution in [2.24, 2.45) is 0 Å². The molecule has 5 rings (SSSR count). The highest BCUT2D eigenvalue weighted by Crippen LogP contribution is 2.32. The van der Waals surface area contributed by atoms with E-state index >= 15 is 0 Å². The highest BCUT2D eigenvalue weighted by molar-refractivity contribution is 7.20. The molecule has 0 bridgehead atoms. The number of amides is 1. The van der Waals surface area contributed by atoms with Crippen LogP contribution in [-0.2, 0) is 24.1 Å². The standard InChI is InChI=1S/C26H28N4OS/c1-16(2)19-10-8-18(9-11-19)13-25(31)28-24-12-17(3)29-30(24)26-27-22-14-20-6-4-5-7-21(20)15-23(22)32-26/h8-12,14-16H,4-7,13H2,1-3H3,(H,28,31). The van der Waals surface area contributed by atoms with Crippen molar-refractivity contribution in [2.75, 3.05) is 5.32 Å². The fraction of sp³-hybridized carbons (Fsp3) is 0.346. The lowest BCUT2D eigenvalue weighted by molar-refractivity contribution is -0.115. The van der Waals surface area contributed by atoms with E-state index in [0.29, 0.717) is 18.2 Å². The van der Waals surface area contributed by atoms with Crippen LogP contribution in [0.3, 0.4) is 0 Å². The first-order valence-electron chi connectivity index (χ1n) is 11.3. The zero-order valence-electron chi connectivity index (χ0n) is 18.8. The van der Waals surface area contributed by atoms with Crippen molar-refractivity contribution < 1.29 is 4.79 Å². The molecule has 164 valence electrons. The third kappa shape index (κ3) is 4.19. The van der Waals surface area contributed by atoms with Gasteiger partial charge in [0.05, 0.1) is 22.3 Å². The minimum atomic E-state index is -0.0555. The molecule has 1 aliphatic carbocycles. The summed E-state index contributed by atoms with van der Waals surface area (Å²) < 4.78 is 2.94. The minimum Gasteiger partial charge on any atom is -0.310 e. The van der Waals surface area contributed by atoms with Gasteiger partial charge in [-0.05, 0) is 72.9 Å². The largest absolute Gasteiger partial charge is 0.310 e. The van der Waals surface area contributed by atoms with E-state index in [-0.39, 0.29) is 5.91 Å². The second-order valence-electron chi connectivity index (χ2n) is 9.00. The molecule has 0 saturated heterocycles. The molecule has 0 atom stereocenters. The highest BCUT2D eigenvalue weighted by Gasteiger charge is 2.17. The summed E-state index contributed by atoms with van der Waals surface area (Å²) >= 11 is 1.62. The second kappa shape index (κ2) is 8.51. The Hall–Kier alpha value is -2.99. The molecule has 2 aromatic carbocycles. The normalized spacial score (nSPS) is 13.5. The summed E-state index contributed by atoms with van der Waals surface area (Å²) in [5.41, 5.74) is 7.02. The fourth-order valence-electron chi connectivity index (χ4n) is 4.36. The van der Waals surface area contributed by atoms with Gasteiger partial charge in [0.15, 0.2) is 0 Å². The van der Waals surface area contributed by atoms with Gasteiger partial charge in [-0.2, -0.15) is 9.78 Å². The predicted molar refractivity (Wildman–Crippen MR) is 131 cm³/mol. The summed E-state index contributed by atoms with van der Waals surface area (Å²) in [4.78, 5) is 17.6. The number of nitrogens with one attached hydrogen (secondary N) is 1. The zero-order chi connectivity index (χ0) is 22.2. The maximum atomic E-state index is 12.8. The number of anilines is 1. The number of aromatic nitrogens is 3. The molecular weight excluding hydrogens is 416 g/mol. The lowest BCUT2D eigenvalue weighted by Crippen LogP contribution is -2.17. The molecule has 0 aliphatic heterocycles. The van der Waals surface area contributed by atoms with Crippen molar-refractivity contribution in [2.45, 2.75) is 58.8 Å². The van der Waals surface area contributed by atoms with E-state index in [1.165, 1.54) is 34.2 Å². The summed E-state index contributed by atoms with van der Waals surface area (Å²) in [6.45, 7) is 6.27. The van der Waals surface area contributed by atoms with Crippen LogP contribution in [0.5, 0.6) is 0 Å². The summed E-state index contributed by atoms with van der Waals surface area (Å²) in [5.74, 6) is 1.09. The average molecular weight is 445 g/mol. The van der Waals surface area contributed by atoms with Crippen LogP contribution >= 0.6 is 11.3 Å². The van der Waals surface area contributed by atoms with E-state index < -0.39 is 0 Å². The molecule has 1 amide bonds. The van der Waals surface area contributed by atoms with Gasteiger partial charge in [0.25, 0.3) is 0 Å². The summed E-state index contributed by atoms with van der Waals surface area (Å²) in [6, 6.07) is 14.7. The Morgan fingerprint density at radius 1 is 1.09 bits per heavy atom. The van der Waals surface area contributed by atoms with E-state index in [1.54, 1.807) is 16.0 Å². The maximum absolute atomic E-state index is 12.8. The molecule has 32 heavy (non-hydrogen) atoms. The molecule has 0 saturated carbocycles. The lowest BCUT2D eigenvalue weighted by atomic mass is 9.92. The first-order valence-corrected chi connectivity index (χ1v) is 12.2. The van der Waals surface area contributed by atoms with Gasteiger partial charge in [-0.15, -0.1) is 0 Å². The maximum Gasteiger partial charge on any atom is 0.229 e. The minimum absolute atomic E-state index is 0.0555. The molecular formula is C26H28N4OS. The first kappa shape index (κ1) is 20.9. The SMILES string of the molecule is Cc1cc(NC(=O)Cc2ccc(C(C)C)cc2)n(-c2nc3cc4c(cc3s2)CCCC4)n1. The molecule has 2 aromatic heterocycles. The van der Waals surface area contributed by atoms with Crippen molar-refractivity contribution in [3.05, 3.63) is 70.4 Å².